The van der Waals surface area contributed by atoms with Crippen LogP contribution in [0.5, 0.6) is 0 Å². The number of nitrogens with one attached hydrogen (secondary N) is 1. The Morgan fingerprint density at radius 3 is 2.75 bits per heavy atom. The third kappa shape index (κ3) is 2.91. The van der Waals surface area contributed by atoms with Crippen molar-refractivity contribution in [1.82, 2.24) is 29.5 Å². The van der Waals surface area contributed by atoms with Gasteiger partial charge in [-0.15, -0.1) is 5.10 Å². The fourth-order valence-corrected chi connectivity index (χ4v) is 2.65. The van der Waals surface area contributed by atoms with E-state index < -0.39 is 0 Å². The standard InChI is InChI=1S/C18H18N6/c1-14-7-8-18-20-10-16(23(18)12-14)9-19-11-17-21-13-24(22-17)15-5-3-2-4-6-15/h2-8,10,12-13,19H,9,11H2,1H3. The predicted octanol–water partition coefficient (Wildman–Crippen LogP) is 2.51. The summed E-state index contributed by atoms with van der Waals surface area (Å²) in [4.78, 5) is 8.77. The Morgan fingerprint density at radius 2 is 1.88 bits per heavy atom. The number of pyridine rings is 1. The van der Waals surface area contributed by atoms with E-state index >= 15 is 0 Å². The fourth-order valence-electron chi connectivity index (χ4n) is 2.65. The lowest BCUT2D eigenvalue weighted by Crippen LogP contribution is -2.15. The molecular formula is C18H18N6. The van der Waals surface area contributed by atoms with Gasteiger partial charge in [-0.1, -0.05) is 24.3 Å². The van der Waals surface area contributed by atoms with E-state index in [0.717, 1.165) is 22.9 Å². The van der Waals surface area contributed by atoms with Crippen molar-refractivity contribution in [2.24, 2.45) is 0 Å². The van der Waals surface area contributed by atoms with Crippen LogP contribution in [0.25, 0.3) is 11.3 Å². The summed E-state index contributed by atoms with van der Waals surface area (Å²) >= 11 is 0. The van der Waals surface area contributed by atoms with Crippen LogP contribution in [0.15, 0.2) is 61.2 Å². The van der Waals surface area contributed by atoms with Gasteiger partial charge in [0.15, 0.2) is 5.82 Å². The van der Waals surface area contributed by atoms with Crippen LogP contribution >= 0.6 is 0 Å². The van der Waals surface area contributed by atoms with Gasteiger partial charge in [-0.25, -0.2) is 14.6 Å². The number of rotatable bonds is 5. The summed E-state index contributed by atoms with van der Waals surface area (Å²) in [6.45, 7) is 3.40. The van der Waals surface area contributed by atoms with Crippen LogP contribution in [0.1, 0.15) is 17.1 Å². The van der Waals surface area contributed by atoms with E-state index in [0.29, 0.717) is 13.1 Å². The summed E-state index contributed by atoms with van der Waals surface area (Å²) in [6, 6.07) is 14.1. The van der Waals surface area contributed by atoms with Gasteiger partial charge in [0.1, 0.15) is 12.0 Å². The molecule has 120 valence electrons. The van der Waals surface area contributed by atoms with Gasteiger partial charge in [-0.2, -0.15) is 0 Å². The molecule has 3 heterocycles. The van der Waals surface area contributed by atoms with Crippen molar-refractivity contribution in [2.75, 3.05) is 0 Å². The Balaban J connectivity index is 1.42. The van der Waals surface area contributed by atoms with E-state index in [1.165, 1.54) is 5.56 Å². The second kappa shape index (κ2) is 6.25. The summed E-state index contributed by atoms with van der Waals surface area (Å²) in [6.07, 6.45) is 5.74. The van der Waals surface area contributed by atoms with Crippen LogP contribution in [0, 0.1) is 6.92 Å². The molecule has 4 aromatic rings. The molecule has 0 saturated heterocycles. The lowest BCUT2D eigenvalue weighted by atomic mass is 10.3. The van der Waals surface area contributed by atoms with E-state index in [2.05, 4.69) is 44.0 Å². The van der Waals surface area contributed by atoms with Crippen molar-refractivity contribution in [1.29, 1.82) is 0 Å². The second-order valence-electron chi connectivity index (χ2n) is 5.73. The maximum Gasteiger partial charge on any atom is 0.164 e. The van der Waals surface area contributed by atoms with Gasteiger partial charge < -0.3 is 9.72 Å². The summed E-state index contributed by atoms with van der Waals surface area (Å²) in [5.41, 5.74) is 4.30. The van der Waals surface area contributed by atoms with Crippen molar-refractivity contribution in [3.8, 4) is 5.69 Å². The first-order chi connectivity index (χ1) is 11.8. The molecule has 0 aliphatic rings. The number of nitrogens with zero attached hydrogens (tertiary/aromatic N) is 5. The molecule has 4 rings (SSSR count). The zero-order valence-electron chi connectivity index (χ0n) is 13.4. The number of hydrogen-bond acceptors (Lipinski definition) is 4. The van der Waals surface area contributed by atoms with Crippen LogP contribution in [-0.2, 0) is 13.1 Å². The van der Waals surface area contributed by atoms with Crippen molar-refractivity contribution in [3.05, 3.63) is 78.3 Å². The fraction of sp³-hybridized carbons (Fsp3) is 0.167. The van der Waals surface area contributed by atoms with Crippen LogP contribution in [0.3, 0.4) is 0 Å². The van der Waals surface area contributed by atoms with Crippen LogP contribution < -0.4 is 5.32 Å². The Hall–Kier alpha value is -2.99. The molecular weight excluding hydrogens is 300 g/mol. The largest absolute Gasteiger partial charge is 0.304 e. The maximum atomic E-state index is 4.50. The molecule has 0 unspecified atom stereocenters. The van der Waals surface area contributed by atoms with E-state index in [1.807, 2.05) is 42.6 Å². The molecule has 1 aromatic carbocycles. The Bertz CT molecular complexity index is 954. The minimum absolute atomic E-state index is 0.610. The molecule has 3 aromatic heterocycles. The molecule has 0 radical (unpaired) electrons. The highest BCUT2D eigenvalue weighted by molar-refractivity contribution is 5.41. The first-order valence-corrected chi connectivity index (χ1v) is 7.89. The van der Waals surface area contributed by atoms with Gasteiger partial charge in [0.2, 0.25) is 0 Å². The van der Waals surface area contributed by atoms with Gasteiger partial charge in [0, 0.05) is 12.7 Å². The highest BCUT2D eigenvalue weighted by Gasteiger charge is 2.05. The number of aromatic nitrogens is 5. The zero-order valence-corrected chi connectivity index (χ0v) is 13.4. The van der Waals surface area contributed by atoms with Gasteiger partial charge >= 0.3 is 0 Å². The maximum absolute atomic E-state index is 4.50. The number of fused-ring (bicyclic) bond motifs is 1. The molecule has 6 heteroatoms. The average Bonchev–Trinajstić information content (AvgIpc) is 3.23. The van der Waals surface area contributed by atoms with Crippen LogP contribution in [0.4, 0.5) is 0 Å². The van der Waals surface area contributed by atoms with E-state index in [4.69, 9.17) is 0 Å². The Morgan fingerprint density at radius 1 is 1.00 bits per heavy atom. The SMILES string of the molecule is Cc1ccc2ncc(CNCc3ncn(-c4ccccc4)n3)n2c1. The normalized spacial score (nSPS) is 11.2. The third-order valence-electron chi connectivity index (χ3n) is 3.88. The molecule has 0 aliphatic heterocycles. The molecule has 6 nitrogen and oxygen atoms in total. The number of imidazole rings is 1. The minimum Gasteiger partial charge on any atom is -0.304 e. The minimum atomic E-state index is 0.610. The lowest BCUT2D eigenvalue weighted by Gasteiger charge is -2.04. The molecule has 24 heavy (non-hydrogen) atoms. The lowest BCUT2D eigenvalue weighted by molar-refractivity contribution is 0.645. The third-order valence-corrected chi connectivity index (χ3v) is 3.88. The molecule has 0 saturated carbocycles. The molecule has 0 spiro atoms. The number of benzene rings is 1. The van der Waals surface area contributed by atoms with Crippen LogP contribution in [0.2, 0.25) is 0 Å². The molecule has 1 N–H and O–H groups in total. The Kier molecular flexibility index (Phi) is 3.80. The van der Waals surface area contributed by atoms with Gasteiger partial charge in [0.05, 0.1) is 24.1 Å². The Labute approximate surface area is 139 Å². The number of aryl methyl sites for hydroxylation is 1. The van der Waals surface area contributed by atoms with Crippen molar-refractivity contribution in [3.63, 3.8) is 0 Å². The predicted molar refractivity (Wildman–Crippen MR) is 91.8 cm³/mol. The molecule has 0 atom stereocenters. The van der Waals surface area contributed by atoms with Gasteiger partial charge in [0.25, 0.3) is 0 Å². The summed E-state index contributed by atoms with van der Waals surface area (Å²) < 4.78 is 3.90. The second-order valence-corrected chi connectivity index (χ2v) is 5.73. The van der Waals surface area contributed by atoms with E-state index in [1.54, 1.807) is 11.0 Å². The van der Waals surface area contributed by atoms with Crippen LogP contribution in [-0.4, -0.2) is 24.1 Å². The van der Waals surface area contributed by atoms with Gasteiger partial charge in [-0.3, -0.25) is 0 Å². The summed E-state index contributed by atoms with van der Waals surface area (Å²) in [5.74, 6) is 0.767. The first kappa shape index (κ1) is 14.6. The molecule has 0 fully saturated rings. The average molecular weight is 318 g/mol. The summed E-state index contributed by atoms with van der Waals surface area (Å²) in [7, 11) is 0. The smallest absolute Gasteiger partial charge is 0.164 e. The molecule has 0 bridgehead atoms. The number of hydrogen-bond donors (Lipinski definition) is 1. The highest BCUT2D eigenvalue weighted by Crippen LogP contribution is 2.09. The molecule has 0 aliphatic carbocycles. The van der Waals surface area contributed by atoms with Crippen molar-refractivity contribution < 1.29 is 0 Å². The van der Waals surface area contributed by atoms with Gasteiger partial charge in [-0.05, 0) is 30.7 Å². The quantitative estimate of drug-likeness (QED) is 0.614. The number of para-hydroxylation sites is 1. The molecule has 0 amide bonds. The first-order valence-electron chi connectivity index (χ1n) is 7.89. The topological polar surface area (TPSA) is 60.0 Å². The van der Waals surface area contributed by atoms with Crippen molar-refractivity contribution in [2.45, 2.75) is 20.0 Å². The zero-order chi connectivity index (χ0) is 16.4. The van der Waals surface area contributed by atoms with E-state index in [9.17, 15) is 0 Å². The summed E-state index contributed by atoms with van der Waals surface area (Å²) in [5, 5.41) is 7.88. The van der Waals surface area contributed by atoms with Crippen molar-refractivity contribution >= 4 is 5.65 Å². The monoisotopic (exact) mass is 318 g/mol. The van der Waals surface area contributed by atoms with E-state index in [-0.39, 0.29) is 0 Å². The highest BCUT2D eigenvalue weighted by atomic mass is 15.3.